The fraction of sp³-hybridized carbons (Fsp3) is 0.154. The third-order valence-electron chi connectivity index (χ3n) is 6.20. The number of carboxylic acid groups (broad SMARTS) is 1. The lowest BCUT2D eigenvalue weighted by Gasteiger charge is -2.22. The zero-order chi connectivity index (χ0) is 24.6. The molecule has 10 heteroatoms. The van der Waals surface area contributed by atoms with Crippen LogP contribution in [0.1, 0.15) is 5.56 Å². The van der Waals surface area contributed by atoms with Crippen LogP contribution in [0.15, 0.2) is 60.9 Å². The van der Waals surface area contributed by atoms with Crippen molar-refractivity contribution in [3.05, 3.63) is 66.5 Å². The molecule has 0 spiro atoms. The van der Waals surface area contributed by atoms with Crippen molar-refractivity contribution in [2.75, 3.05) is 30.5 Å². The van der Waals surface area contributed by atoms with E-state index in [9.17, 15) is 4.79 Å². The summed E-state index contributed by atoms with van der Waals surface area (Å²) in [6.45, 7) is 1.82. The summed E-state index contributed by atoms with van der Waals surface area (Å²) in [6.07, 6.45) is 0.417. The summed E-state index contributed by atoms with van der Waals surface area (Å²) in [5, 5.41) is 12.1. The third-order valence-corrected chi connectivity index (χ3v) is 6.20. The summed E-state index contributed by atoms with van der Waals surface area (Å²) >= 11 is 0. The number of rotatable bonds is 4. The van der Waals surface area contributed by atoms with Crippen molar-refractivity contribution in [2.24, 2.45) is 0 Å². The van der Waals surface area contributed by atoms with E-state index in [-0.39, 0.29) is 5.95 Å². The van der Waals surface area contributed by atoms with E-state index in [4.69, 9.17) is 14.6 Å². The van der Waals surface area contributed by atoms with Gasteiger partial charge in [-0.2, -0.15) is 0 Å². The quantitative estimate of drug-likeness (QED) is 0.337. The Hall–Kier alpha value is -4.86. The highest BCUT2D eigenvalue weighted by molar-refractivity contribution is 5.91. The minimum absolute atomic E-state index is 0.189. The van der Waals surface area contributed by atoms with Gasteiger partial charge in [0.2, 0.25) is 5.95 Å². The maximum Gasteiger partial charge on any atom is 0.411 e. The van der Waals surface area contributed by atoms with Crippen molar-refractivity contribution >= 4 is 39.8 Å². The molecule has 1 aliphatic heterocycles. The summed E-state index contributed by atoms with van der Waals surface area (Å²) in [5.41, 5.74) is 5.30. The molecule has 0 aliphatic carbocycles. The molecule has 3 heterocycles. The average Bonchev–Trinajstić information content (AvgIpc) is 3.16. The first kappa shape index (κ1) is 21.7. The Labute approximate surface area is 205 Å². The lowest BCUT2D eigenvalue weighted by molar-refractivity contribution is 0.209. The van der Waals surface area contributed by atoms with Gasteiger partial charge in [0.05, 0.1) is 30.2 Å². The fourth-order valence-corrected chi connectivity index (χ4v) is 4.51. The average molecular weight is 483 g/mol. The van der Waals surface area contributed by atoms with Crippen LogP contribution in [-0.2, 0) is 6.54 Å². The molecule has 1 aliphatic rings. The molecule has 36 heavy (non-hydrogen) atoms. The Balaban J connectivity index is 1.35. The number of H-pyrrole nitrogens is 1. The molecule has 1 amide bonds. The fourth-order valence-electron chi connectivity index (χ4n) is 4.51. The number of hydrogen-bond acceptors (Lipinski definition) is 7. The largest absolute Gasteiger partial charge is 0.497 e. The monoisotopic (exact) mass is 482 g/mol. The van der Waals surface area contributed by atoms with E-state index in [2.05, 4.69) is 36.2 Å². The van der Waals surface area contributed by atoms with Gasteiger partial charge in [-0.3, -0.25) is 5.32 Å². The Kier molecular flexibility index (Phi) is 5.25. The van der Waals surface area contributed by atoms with Crippen molar-refractivity contribution in [1.82, 2.24) is 19.9 Å². The van der Waals surface area contributed by atoms with Gasteiger partial charge in [-0.15, -0.1) is 0 Å². The number of ether oxygens (including phenoxy) is 2. The second-order valence-electron chi connectivity index (χ2n) is 8.42. The van der Waals surface area contributed by atoms with Crippen molar-refractivity contribution in [2.45, 2.75) is 6.54 Å². The number of nitrogens with one attached hydrogen (secondary N) is 2. The molecule has 0 saturated carbocycles. The van der Waals surface area contributed by atoms with Crippen molar-refractivity contribution in [3.63, 3.8) is 0 Å². The minimum atomic E-state index is -1.17. The number of carbonyl (C=O) groups is 1. The van der Waals surface area contributed by atoms with Crippen LogP contribution in [0.2, 0.25) is 0 Å². The molecule has 0 radical (unpaired) electrons. The zero-order valence-corrected chi connectivity index (χ0v) is 19.4. The van der Waals surface area contributed by atoms with Crippen LogP contribution < -0.4 is 19.7 Å². The Morgan fingerprint density at radius 1 is 1.08 bits per heavy atom. The Morgan fingerprint density at radius 2 is 1.92 bits per heavy atom. The van der Waals surface area contributed by atoms with Crippen LogP contribution in [-0.4, -0.2) is 51.4 Å². The number of amides is 1. The second-order valence-corrected chi connectivity index (χ2v) is 8.42. The molecular weight excluding hydrogens is 460 g/mol. The number of methoxy groups -OCH3 is 1. The van der Waals surface area contributed by atoms with Crippen LogP contribution in [0.5, 0.6) is 11.5 Å². The molecule has 0 saturated heterocycles. The molecule has 10 nitrogen and oxygen atoms in total. The smallest absolute Gasteiger partial charge is 0.411 e. The van der Waals surface area contributed by atoms with Gasteiger partial charge >= 0.3 is 6.09 Å². The molecule has 0 unspecified atom stereocenters. The summed E-state index contributed by atoms with van der Waals surface area (Å²) in [5.74, 6) is 2.61. The van der Waals surface area contributed by atoms with Crippen LogP contribution in [0, 0.1) is 0 Å². The van der Waals surface area contributed by atoms with Gasteiger partial charge in [-0.1, -0.05) is 12.1 Å². The number of imidazole rings is 1. The number of benzene rings is 3. The predicted molar refractivity (Wildman–Crippen MR) is 136 cm³/mol. The van der Waals surface area contributed by atoms with E-state index < -0.39 is 6.09 Å². The lowest BCUT2D eigenvalue weighted by Crippen LogP contribution is -2.26. The summed E-state index contributed by atoms with van der Waals surface area (Å²) < 4.78 is 11.5. The molecule has 0 bridgehead atoms. The number of anilines is 2. The highest BCUT2D eigenvalue weighted by atomic mass is 16.5. The third kappa shape index (κ3) is 3.98. The standard InChI is InChI=1S/C26H22N6O4/c1-35-18-4-6-20-19(12-18)24(28-14-27-20)32-8-9-36-23-7-3-15(10-17(23)13-32)16-2-5-21-22(11-16)30-25(29-21)31-26(33)34/h2-7,10-12,14H,8-9,13H2,1H3,(H,33,34)(H2,29,30,31). The molecule has 0 atom stereocenters. The van der Waals surface area contributed by atoms with Gasteiger partial charge in [-0.25, -0.2) is 19.7 Å². The van der Waals surface area contributed by atoms with E-state index in [0.29, 0.717) is 25.2 Å². The van der Waals surface area contributed by atoms with Gasteiger partial charge in [0.15, 0.2) is 0 Å². The first-order chi connectivity index (χ1) is 17.6. The first-order valence-corrected chi connectivity index (χ1v) is 11.4. The van der Waals surface area contributed by atoms with Crippen molar-refractivity contribution < 1.29 is 19.4 Å². The van der Waals surface area contributed by atoms with Gasteiger partial charge in [0.25, 0.3) is 0 Å². The molecule has 0 fully saturated rings. The van der Waals surface area contributed by atoms with E-state index >= 15 is 0 Å². The zero-order valence-electron chi connectivity index (χ0n) is 19.4. The topological polar surface area (TPSA) is 125 Å². The lowest BCUT2D eigenvalue weighted by atomic mass is 10.0. The van der Waals surface area contributed by atoms with Crippen LogP contribution in [0.25, 0.3) is 33.1 Å². The van der Waals surface area contributed by atoms with Crippen molar-refractivity contribution in [3.8, 4) is 22.6 Å². The maximum absolute atomic E-state index is 10.9. The summed E-state index contributed by atoms with van der Waals surface area (Å²) in [7, 11) is 1.65. The number of aromatic amines is 1. The molecule has 3 aromatic carbocycles. The maximum atomic E-state index is 10.9. The van der Waals surface area contributed by atoms with E-state index in [0.717, 1.165) is 50.4 Å². The number of hydrogen-bond donors (Lipinski definition) is 3. The van der Waals surface area contributed by atoms with Gasteiger partial charge in [-0.05, 0) is 53.6 Å². The molecule has 2 aromatic heterocycles. The van der Waals surface area contributed by atoms with E-state index in [1.165, 1.54) is 0 Å². The number of aromatic nitrogens is 4. The van der Waals surface area contributed by atoms with E-state index in [1.807, 2.05) is 48.5 Å². The second kappa shape index (κ2) is 8.73. The minimum Gasteiger partial charge on any atom is -0.497 e. The molecule has 5 aromatic rings. The van der Waals surface area contributed by atoms with Crippen LogP contribution >= 0.6 is 0 Å². The van der Waals surface area contributed by atoms with Gasteiger partial charge in [0, 0.05) is 17.5 Å². The number of nitrogens with zero attached hydrogens (tertiary/aromatic N) is 4. The van der Waals surface area contributed by atoms with Crippen LogP contribution in [0.4, 0.5) is 16.6 Å². The molecular formula is C26H22N6O4. The van der Waals surface area contributed by atoms with E-state index in [1.54, 1.807) is 13.4 Å². The highest BCUT2D eigenvalue weighted by Gasteiger charge is 2.20. The summed E-state index contributed by atoms with van der Waals surface area (Å²) in [6, 6.07) is 17.7. The van der Waals surface area contributed by atoms with Gasteiger partial charge < -0.3 is 24.5 Å². The predicted octanol–water partition coefficient (Wildman–Crippen LogP) is 4.67. The Bertz CT molecular complexity index is 1620. The SMILES string of the molecule is COc1ccc2ncnc(N3CCOc4ccc(-c5ccc6nc(NC(=O)O)[nH]c6c5)cc4C3)c2c1. The molecule has 3 N–H and O–H groups in total. The van der Waals surface area contributed by atoms with Crippen molar-refractivity contribution in [1.29, 1.82) is 0 Å². The Morgan fingerprint density at radius 3 is 2.78 bits per heavy atom. The number of fused-ring (bicyclic) bond motifs is 3. The molecule has 6 rings (SSSR count). The normalized spacial score (nSPS) is 13.2. The van der Waals surface area contributed by atoms with Gasteiger partial charge in [0.1, 0.15) is 30.3 Å². The summed E-state index contributed by atoms with van der Waals surface area (Å²) in [4.78, 5) is 29.4. The highest BCUT2D eigenvalue weighted by Crippen LogP contribution is 2.34. The van der Waals surface area contributed by atoms with Crippen LogP contribution in [0.3, 0.4) is 0 Å². The first-order valence-electron chi connectivity index (χ1n) is 11.4. The molecule has 180 valence electrons.